The summed E-state index contributed by atoms with van der Waals surface area (Å²) in [6.07, 6.45) is 4.54. The Balaban J connectivity index is 1.83. The van der Waals surface area contributed by atoms with Gasteiger partial charge in [0.2, 0.25) is 0 Å². The van der Waals surface area contributed by atoms with Crippen molar-refractivity contribution in [3.63, 3.8) is 0 Å². The fourth-order valence-electron chi connectivity index (χ4n) is 3.35. The van der Waals surface area contributed by atoms with E-state index in [9.17, 15) is 9.90 Å². The van der Waals surface area contributed by atoms with Gasteiger partial charge in [0.15, 0.2) is 0 Å². The lowest BCUT2D eigenvalue weighted by molar-refractivity contribution is 0.0395. The number of urea groups is 1. The molecule has 0 atom stereocenters. The van der Waals surface area contributed by atoms with E-state index < -0.39 is 5.60 Å². The Bertz CT molecular complexity index is 539. The third-order valence-electron chi connectivity index (χ3n) is 4.76. The van der Waals surface area contributed by atoms with Crippen LogP contribution in [0.15, 0.2) is 24.3 Å². The second-order valence-corrected chi connectivity index (χ2v) is 7.28. The summed E-state index contributed by atoms with van der Waals surface area (Å²) in [5.41, 5.74) is 1.84. The number of amides is 2. The molecular formula is C19H31N3O2. The highest BCUT2D eigenvalue weighted by molar-refractivity contribution is 5.73. The van der Waals surface area contributed by atoms with Gasteiger partial charge in [0.1, 0.15) is 0 Å². The van der Waals surface area contributed by atoms with E-state index in [2.05, 4.69) is 22.3 Å². The summed E-state index contributed by atoms with van der Waals surface area (Å²) < 4.78 is 0. The molecule has 0 heterocycles. The summed E-state index contributed by atoms with van der Waals surface area (Å²) in [6, 6.07) is 8.14. The van der Waals surface area contributed by atoms with Crippen LogP contribution in [0.2, 0.25) is 0 Å². The number of nitrogens with zero attached hydrogens (tertiary/aromatic N) is 2. The number of nitrogens with one attached hydrogen (secondary N) is 1. The highest BCUT2D eigenvalue weighted by Crippen LogP contribution is 2.31. The van der Waals surface area contributed by atoms with Gasteiger partial charge in [-0.15, -0.1) is 0 Å². The minimum Gasteiger partial charge on any atom is -0.390 e. The molecule has 1 aliphatic carbocycles. The Hall–Kier alpha value is -1.59. The molecule has 2 N–H and O–H groups in total. The average Bonchev–Trinajstić information content (AvgIpc) is 2.95. The first-order chi connectivity index (χ1) is 11.4. The van der Waals surface area contributed by atoms with Gasteiger partial charge in [-0.1, -0.05) is 37.1 Å². The van der Waals surface area contributed by atoms with Crippen LogP contribution >= 0.6 is 0 Å². The molecule has 0 spiro atoms. The van der Waals surface area contributed by atoms with Crippen LogP contribution in [0.5, 0.6) is 0 Å². The smallest absolute Gasteiger partial charge is 0.317 e. The van der Waals surface area contributed by atoms with Crippen molar-refractivity contribution in [2.45, 2.75) is 50.8 Å². The molecule has 134 valence electrons. The summed E-state index contributed by atoms with van der Waals surface area (Å²) in [5.74, 6) is 0. The van der Waals surface area contributed by atoms with E-state index in [1.807, 2.05) is 33.3 Å². The zero-order valence-electron chi connectivity index (χ0n) is 15.2. The molecule has 1 saturated carbocycles. The highest BCUT2D eigenvalue weighted by atomic mass is 16.3. The predicted octanol–water partition coefficient (Wildman–Crippen LogP) is 2.58. The number of aliphatic hydroxyl groups is 1. The number of rotatable bonds is 7. The first-order valence-electron chi connectivity index (χ1n) is 8.82. The normalized spacial score (nSPS) is 16.4. The van der Waals surface area contributed by atoms with E-state index in [0.717, 1.165) is 32.2 Å². The highest BCUT2D eigenvalue weighted by Gasteiger charge is 2.30. The number of carbonyl (C=O) groups excluding carboxylic acids is 1. The number of hydrogen-bond donors (Lipinski definition) is 2. The second-order valence-electron chi connectivity index (χ2n) is 7.28. The van der Waals surface area contributed by atoms with Gasteiger partial charge in [-0.05, 0) is 44.5 Å². The first kappa shape index (κ1) is 18.7. The molecule has 1 aromatic rings. The van der Waals surface area contributed by atoms with Crippen molar-refractivity contribution in [2.24, 2.45) is 0 Å². The van der Waals surface area contributed by atoms with Gasteiger partial charge in [0.05, 0.1) is 5.60 Å². The Labute approximate surface area is 145 Å². The molecule has 24 heavy (non-hydrogen) atoms. The fraction of sp³-hybridized carbons (Fsp3) is 0.632. The van der Waals surface area contributed by atoms with Crippen molar-refractivity contribution in [1.82, 2.24) is 15.1 Å². The van der Waals surface area contributed by atoms with Gasteiger partial charge >= 0.3 is 6.03 Å². The molecule has 1 aliphatic rings. The molecule has 5 heteroatoms. The molecule has 2 amide bonds. The van der Waals surface area contributed by atoms with Gasteiger partial charge < -0.3 is 20.2 Å². The van der Waals surface area contributed by atoms with Crippen molar-refractivity contribution >= 4 is 6.03 Å². The third kappa shape index (κ3) is 5.49. The van der Waals surface area contributed by atoms with E-state index in [1.165, 1.54) is 11.1 Å². The summed E-state index contributed by atoms with van der Waals surface area (Å²) in [7, 11) is 5.90. The molecule has 0 radical (unpaired) electrons. The lowest BCUT2D eigenvalue weighted by Crippen LogP contribution is -2.40. The van der Waals surface area contributed by atoms with E-state index in [4.69, 9.17) is 0 Å². The van der Waals surface area contributed by atoms with E-state index in [1.54, 1.807) is 4.90 Å². The summed E-state index contributed by atoms with van der Waals surface area (Å²) >= 11 is 0. The van der Waals surface area contributed by atoms with E-state index >= 15 is 0 Å². The topological polar surface area (TPSA) is 55.8 Å². The second kappa shape index (κ2) is 8.49. The Morgan fingerprint density at radius 1 is 1.12 bits per heavy atom. The zero-order chi connectivity index (χ0) is 17.6. The summed E-state index contributed by atoms with van der Waals surface area (Å²) in [6.45, 7) is 1.97. The van der Waals surface area contributed by atoms with Crippen LogP contribution in [0.1, 0.15) is 43.2 Å². The first-order valence-corrected chi connectivity index (χ1v) is 8.82. The maximum Gasteiger partial charge on any atom is 0.317 e. The number of carbonyl (C=O) groups is 1. The molecule has 0 saturated heterocycles. The Morgan fingerprint density at radius 3 is 2.29 bits per heavy atom. The van der Waals surface area contributed by atoms with Crippen molar-refractivity contribution in [1.29, 1.82) is 0 Å². The maximum atomic E-state index is 12.3. The fourth-order valence-corrected chi connectivity index (χ4v) is 3.35. The summed E-state index contributed by atoms with van der Waals surface area (Å²) in [5, 5.41) is 13.3. The standard InChI is InChI=1S/C19H31N3O2/c1-21(2)14-16-8-4-5-9-17(16)15-22(3)18(23)20-13-12-19(24)10-6-7-11-19/h4-5,8-9,24H,6-7,10-15H2,1-3H3,(H,20,23). The molecule has 2 rings (SSSR count). The molecular weight excluding hydrogens is 302 g/mol. The molecule has 0 unspecified atom stereocenters. The van der Waals surface area contributed by atoms with Crippen molar-refractivity contribution in [2.75, 3.05) is 27.7 Å². The monoisotopic (exact) mass is 333 g/mol. The zero-order valence-corrected chi connectivity index (χ0v) is 15.2. The van der Waals surface area contributed by atoms with Crippen LogP contribution in [0.3, 0.4) is 0 Å². The molecule has 1 fully saturated rings. The quantitative estimate of drug-likeness (QED) is 0.806. The lowest BCUT2D eigenvalue weighted by Gasteiger charge is -2.24. The number of benzene rings is 1. The van der Waals surface area contributed by atoms with Crippen molar-refractivity contribution < 1.29 is 9.90 Å². The van der Waals surface area contributed by atoms with Gasteiger partial charge in [-0.3, -0.25) is 0 Å². The molecule has 0 bridgehead atoms. The predicted molar refractivity (Wildman–Crippen MR) is 96.7 cm³/mol. The van der Waals surface area contributed by atoms with Gasteiger partial charge in [0.25, 0.3) is 0 Å². The Kier molecular flexibility index (Phi) is 6.63. The van der Waals surface area contributed by atoms with Crippen LogP contribution in [0.25, 0.3) is 0 Å². The lowest BCUT2D eigenvalue weighted by atomic mass is 9.98. The molecule has 1 aromatic carbocycles. The molecule has 5 nitrogen and oxygen atoms in total. The minimum atomic E-state index is -0.565. The molecule has 0 aromatic heterocycles. The summed E-state index contributed by atoms with van der Waals surface area (Å²) in [4.78, 5) is 16.1. The maximum absolute atomic E-state index is 12.3. The average molecular weight is 333 g/mol. The van der Waals surface area contributed by atoms with Gasteiger partial charge in [-0.25, -0.2) is 4.79 Å². The van der Waals surface area contributed by atoms with Crippen LogP contribution in [-0.2, 0) is 13.1 Å². The Morgan fingerprint density at radius 2 is 1.71 bits per heavy atom. The van der Waals surface area contributed by atoms with E-state index in [-0.39, 0.29) is 6.03 Å². The van der Waals surface area contributed by atoms with Crippen molar-refractivity contribution in [3.8, 4) is 0 Å². The largest absolute Gasteiger partial charge is 0.390 e. The third-order valence-corrected chi connectivity index (χ3v) is 4.76. The van der Waals surface area contributed by atoms with Crippen LogP contribution < -0.4 is 5.32 Å². The minimum absolute atomic E-state index is 0.0868. The van der Waals surface area contributed by atoms with Crippen molar-refractivity contribution in [3.05, 3.63) is 35.4 Å². The number of hydrogen-bond acceptors (Lipinski definition) is 3. The van der Waals surface area contributed by atoms with Crippen LogP contribution in [-0.4, -0.2) is 54.2 Å². The van der Waals surface area contributed by atoms with E-state index in [0.29, 0.717) is 19.5 Å². The van der Waals surface area contributed by atoms with Gasteiger partial charge in [-0.2, -0.15) is 0 Å². The SMILES string of the molecule is CN(C)Cc1ccccc1CN(C)C(=O)NCCC1(O)CCCC1. The van der Waals surface area contributed by atoms with Crippen LogP contribution in [0, 0.1) is 0 Å². The van der Waals surface area contributed by atoms with Gasteiger partial charge in [0, 0.05) is 26.7 Å². The van der Waals surface area contributed by atoms with Crippen LogP contribution in [0.4, 0.5) is 4.79 Å². The molecule has 0 aliphatic heterocycles.